The zero-order chi connectivity index (χ0) is 13.5. The van der Waals surface area contributed by atoms with Gasteiger partial charge in [0.05, 0.1) is 6.26 Å². The molecular formula is C10H22N2O4S. The second kappa shape index (κ2) is 7.62. The molecule has 0 spiro atoms. The van der Waals surface area contributed by atoms with E-state index < -0.39 is 22.2 Å². The van der Waals surface area contributed by atoms with Crippen molar-refractivity contribution in [3.8, 4) is 0 Å². The molecular weight excluding hydrogens is 244 g/mol. The maximum Gasteiger partial charge on any atom is 0.259 e. The van der Waals surface area contributed by atoms with Crippen LogP contribution in [-0.2, 0) is 19.6 Å². The zero-order valence-corrected chi connectivity index (χ0v) is 11.4. The van der Waals surface area contributed by atoms with Gasteiger partial charge in [0, 0.05) is 0 Å². The summed E-state index contributed by atoms with van der Waals surface area (Å²) in [5.74, 6) is -0.0949. The van der Waals surface area contributed by atoms with Gasteiger partial charge in [0.1, 0.15) is 12.8 Å². The van der Waals surface area contributed by atoms with Crippen molar-refractivity contribution in [3.63, 3.8) is 0 Å². The molecule has 0 fully saturated rings. The van der Waals surface area contributed by atoms with Crippen LogP contribution >= 0.6 is 0 Å². The average Bonchev–Trinajstić information content (AvgIpc) is 2.11. The van der Waals surface area contributed by atoms with Gasteiger partial charge < -0.3 is 10.5 Å². The van der Waals surface area contributed by atoms with Gasteiger partial charge in [-0.1, -0.05) is 20.3 Å². The summed E-state index contributed by atoms with van der Waals surface area (Å²) < 4.78 is 28.3. The predicted molar refractivity (Wildman–Crippen MR) is 65.6 cm³/mol. The van der Waals surface area contributed by atoms with Crippen molar-refractivity contribution in [3.05, 3.63) is 0 Å². The highest BCUT2D eigenvalue weighted by Gasteiger charge is 2.11. The molecule has 1 atom stereocenters. The van der Waals surface area contributed by atoms with Crippen molar-refractivity contribution in [2.45, 2.75) is 39.3 Å². The summed E-state index contributed by atoms with van der Waals surface area (Å²) in [6, 6.07) is 0. The van der Waals surface area contributed by atoms with Crippen molar-refractivity contribution in [2.75, 3.05) is 12.9 Å². The molecule has 0 saturated heterocycles. The van der Waals surface area contributed by atoms with E-state index in [9.17, 15) is 13.2 Å². The molecule has 17 heavy (non-hydrogen) atoms. The first-order chi connectivity index (χ1) is 7.70. The number of carbonyl (C=O) groups excluding carboxylic acids is 1. The minimum atomic E-state index is -3.52. The van der Waals surface area contributed by atoms with Gasteiger partial charge in [-0.3, -0.25) is 9.52 Å². The first-order valence-corrected chi connectivity index (χ1v) is 7.47. The molecule has 0 aliphatic heterocycles. The van der Waals surface area contributed by atoms with Gasteiger partial charge in [0.2, 0.25) is 10.0 Å². The first-order valence-electron chi connectivity index (χ1n) is 5.58. The van der Waals surface area contributed by atoms with Crippen molar-refractivity contribution < 1.29 is 17.9 Å². The van der Waals surface area contributed by atoms with Gasteiger partial charge in [-0.15, -0.1) is 0 Å². The lowest BCUT2D eigenvalue weighted by Gasteiger charge is -2.13. The lowest BCUT2D eigenvalue weighted by atomic mass is 10.1. The molecule has 0 aromatic carbocycles. The van der Waals surface area contributed by atoms with Crippen LogP contribution in [0.1, 0.15) is 33.1 Å². The average molecular weight is 266 g/mol. The second-order valence-corrected chi connectivity index (χ2v) is 6.22. The molecule has 0 heterocycles. The Kier molecular flexibility index (Phi) is 7.33. The third-order valence-electron chi connectivity index (χ3n) is 2.00. The summed E-state index contributed by atoms with van der Waals surface area (Å²) in [4.78, 5) is 11.1. The Morgan fingerprint density at radius 3 is 2.41 bits per heavy atom. The Morgan fingerprint density at radius 2 is 1.94 bits per heavy atom. The summed E-state index contributed by atoms with van der Waals surface area (Å²) in [5.41, 5.74) is 5.62. The summed E-state index contributed by atoms with van der Waals surface area (Å²) in [7, 11) is -3.52. The van der Waals surface area contributed by atoms with Gasteiger partial charge in [-0.2, -0.15) is 0 Å². The summed E-state index contributed by atoms with van der Waals surface area (Å²) in [6.45, 7) is 3.90. The van der Waals surface area contributed by atoms with Gasteiger partial charge in [-0.25, -0.2) is 8.42 Å². The fraction of sp³-hybridized carbons (Fsp3) is 0.900. The van der Waals surface area contributed by atoms with Crippen LogP contribution in [0.15, 0.2) is 0 Å². The van der Waals surface area contributed by atoms with E-state index >= 15 is 0 Å². The number of ether oxygens (including phenoxy) is 1. The maximum absolute atomic E-state index is 11.1. The first kappa shape index (κ1) is 16.3. The molecule has 102 valence electrons. The zero-order valence-electron chi connectivity index (χ0n) is 10.6. The SMILES string of the molecule is CC(C)CCCC(N)OCC(=O)NS(C)(=O)=O. The summed E-state index contributed by atoms with van der Waals surface area (Å²) in [5, 5.41) is 0. The van der Waals surface area contributed by atoms with Crippen molar-refractivity contribution in [1.29, 1.82) is 0 Å². The van der Waals surface area contributed by atoms with Crippen molar-refractivity contribution >= 4 is 15.9 Å². The Labute approximate surface area is 103 Å². The number of hydrogen-bond donors (Lipinski definition) is 2. The molecule has 0 bridgehead atoms. The third kappa shape index (κ3) is 11.6. The highest BCUT2D eigenvalue weighted by molar-refractivity contribution is 7.89. The van der Waals surface area contributed by atoms with E-state index in [0.717, 1.165) is 19.1 Å². The molecule has 0 radical (unpaired) electrons. The summed E-state index contributed by atoms with van der Waals surface area (Å²) >= 11 is 0. The van der Waals surface area contributed by atoms with E-state index in [0.29, 0.717) is 12.3 Å². The quantitative estimate of drug-likeness (QED) is 0.611. The van der Waals surface area contributed by atoms with E-state index in [1.54, 1.807) is 4.72 Å². The molecule has 3 N–H and O–H groups in total. The van der Waals surface area contributed by atoms with Crippen LogP contribution in [0.3, 0.4) is 0 Å². The van der Waals surface area contributed by atoms with Gasteiger partial charge >= 0.3 is 0 Å². The fourth-order valence-corrected chi connectivity index (χ4v) is 1.70. The second-order valence-electron chi connectivity index (χ2n) is 4.47. The molecule has 1 amide bonds. The summed E-state index contributed by atoms with van der Waals surface area (Å²) in [6.07, 6.45) is 3.01. The number of amides is 1. The molecule has 6 nitrogen and oxygen atoms in total. The lowest BCUT2D eigenvalue weighted by Crippen LogP contribution is -2.35. The normalized spacial score (nSPS) is 13.7. The molecule has 0 aromatic heterocycles. The largest absolute Gasteiger partial charge is 0.354 e. The number of sulfonamides is 1. The van der Waals surface area contributed by atoms with E-state index in [2.05, 4.69) is 13.8 Å². The number of nitrogens with two attached hydrogens (primary N) is 1. The topological polar surface area (TPSA) is 98.5 Å². The molecule has 1 unspecified atom stereocenters. The highest BCUT2D eigenvalue weighted by atomic mass is 32.2. The molecule has 0 aliphatic carbocycles. The standard InChI is InChI=1S/C10H22N2O4S/c1-8(2)5-4-6-9(11)16-7-10(13)12-17(3,14)15/h8-9H,4-7,11H2,1-3H3,(H,12,13). The van der Waals surface area contributed by atoms with Crippen LogP contribution in [0, 0.1) is 5.92 Å². The molecule has 0 rings (SSSR count). The minimum Gasteiger partial charge on any atom is -0.354 e. The van der Waals surface area contributed by atoms with Gasteiger partial charge in [-0.05, 0) is 18.8 Å². The molecule has 0 saturated carbocycles. The smallest absolute Gasteiger partial charge is 0.259 e. The lowest BCUT2D eigenvalue weighted by molar-refractivity contribution is -0.125. The third-order valence-corrected chi connectivity index (χ3v) is 2.60. The van der Waals surface area contributed by atoms with Crippen LogP contribution in [0.25, 0.3) is 0 Å². The van der Waals surface area contributed by atoms with Gasteiger partial charge in [0.25, 0.3) is 5.91 Å². The number of nitrogens with one attached hydrogen (secondary N) is 1. The van der Waals surface area contributed by atoms with E-state index in [-0.39, 0.29) is 6.61 Å². The van der Waals surface area contributed by atoms with Crippen LogP contribution in [-0.4, -0.2) is 33.4 Å². The molecule has 7 heteroatoms. The van der Waals surface area contributed by atoms with Crippen molar-refractivity contribution in [2.24, 2.45) is 11.7 Å². The minimum absolute atomic E-state index is 0.337. The molecule has 0 aromatic rings. The monoisotopic (exact) mass is 266 g/mol. The van der Waals surface area contributed by atoms with E-state index in [1.165, 1.54) is 0 Å². The highest BCUT2D eigenvalue weighted by Crippen LogP contribution is 2.07. The van der Waals surface area contributed by atoms with E-state index in [1.807, 2.05) is 0 Å². The molecule has 0 aliphatic rings. The Morgan fingerprint density at radius 1 is 1.35 bits per heavy atom. The van der Waals surface area contributed by atoms with Crippen LogP contribution in [0.5, 0.6) is 0 Å². The van der Waals surface area contributed by atoms with Gasteiger partial charge in [0.15, 0.2) is 0 Å². The number of carbonyl (C=O) groups is 1. The van der Waals surface area contributed by atoms with Crippen LogP contribution in [0.2, 0.25) is 0 Å². The van der Waals surface area contributed by atoms with Crippen molar-refractivity contribution in [1.82, 2.24) is 4.72 Å². The Hall–Kier alpha value is -0.660. The maximum atomic E-state index is 11.1. The Balaban J connectivity index is 3.70. The fourth-order valence-electron chi connectivity index (χ4n) is 1.23. The van der Waals surface area contributed by atoms with Crippen LogP contribution < -0.4 is 10.5 Å². The Bertz CT molecular complexity index is 327. The number of hydrogen-bond acceptors (Lipinski definition) is 5. The predicted octanol–water partition coefficient (Wildman–Crippen LogP) is 0.190. The van der Waals surface area contributed by atoms with E-state index in [4.69, 9.17) is 10.5 Å². The number of rotatable bonds is 8. The van der Waals surface area contributed by atoms with Crippen LogP contribution in [0.4, 0.5) is 0 Å².